The Bertz CT molecular complexity index is 739. The summed E-state index contributed by atoms with van der Waals surface area (Å²) in [6, 6.07) is 4.19. The summed E-state index contributed by atoms with van der Waals surface area (Å²) in [6.45, 7) is 6.87. The average molecular weight is 393 g/mol. The van der Waals surface area contributed by atoms with Gasteiger partial charge in [0.2, 0.25) is 0 Å². The van der Waals surface area contributed by atoms with Crippen molar-refractivity contribution in [3.05, 3.63) is 43.8 Å². The molecule has 3 rings (SSSR count). The molecule has 3 heterocycles. The molecule has 0 spiro atoms. The summed E-state index contributed by atoms with van der Waals surface area (Å²) < 4.78 is 0. The summed E-state index contributed by atoms with van der Waals surface area (Å²) in [5.74, 6) is -0.956. The van der Waals surface area contributed by atoms with E-state index in [-0.39, 0.29) is 5.92 Å². The van der Waals surface area contributed by atoms with Crippen LogP contribution in [0.5, 0.6) is 0 Å². The van der Waals surface area contributed by atoms with Crippen LogP contribution in [0.2, 0.25) is 0 Å². The van der Waals surface area contributed by atoms with Crippen molar-refractivity contribution in [2.24, 2.45) is 11.1 Å². The van der Waals surface area contributed by atoms with Gasteiger partial charge in [0.15, 0.2) is 0 Å². The summed E-state index contributed by atoms with van der Waals surface area (Å²) in [5, 5.41) is 17.8. The minimum atomic E-state index is -0.697. The topological polar surface area (TPSA) is 62.1 Å². The Morgan fingerprint density at radius 2 is 1.92 bits per heavy atom. The fourth-order valence-corrected chi connectivity index (χ4v) is 5.05. The number of rotatable bonds is 7. The number of carboxylic acid groups (broad SMARTS) is 1. The highest BCUT2D eigenvalue weighted by Gasteiger charge is 2.25. The minimum absolute atomic E-state index is 0.259. The first-order chi connectivity index (χ1) is 12.6. The highest BCUT2D eigenvalue weighted by molar-refractivity contribution is 7.16. The largest absolute Gasteiger partial charge is 0.481 e. The van der Waals surface area contributed by atoms with Crippen LogP contribution >= 0.6 is 22.7 Å². The van der Waals surface area contributed by atoms with Crippen molar-refractivity contribution in [3.63, 3.8) is 0 Å². The van der Waals surface area contributed by atoms with Crippen molar-refractivity contribution in [2.75, 3.05) is 26.2 Å². The first-order valence-corrected chi connectivity index (χ1v) is 10.6. The van der Waals surface area contributed by atoms with E-state index in [1.165, 1.54) is 11.1 Å². The van der Waals surface area contributed by atoms with Gasteiger partial charge in [-0.25, -0.2) is 0 Å². The molecule has 1 fully saturated rings. The lowest BCUT2D eigenvalue weighted by atomic mass is 9.98. The number of carbonyl (C=O) groups is 1. The summed E-state index contributed by atoms with van der Waals surface area (Å²) in [6.07, 6.45) is 1.69. The predicted octanol–water partition coefficient (Wildman–Crippen LogP) is 3.99. The zero-order valence-corrected chi connectivity index (χ0v) is 16.7. The Hall–Kier alpha value is -1.70. The Labute approximate surface area is 161 Å². The Morgan fingerprint density at radius 1 is 1.27 bits per heavy atom. The van der Waals surface area contributed by atoms with E-state index in [2.05, 4.69) is 46.8 Å². The van der Waals surface area contributed by atoms with Gasteiger partial charge in [0, 0.05) is 13.1 Å². The molecule has 1 aliphatic heterocycles. The van der Waals surface area contributed by atoms with Crippen LogP contribution in [0.4, 0.5) is 0 Å². The fraction of sp³-hybridized carbons (Fsp3) is 0.474. The second-order valence-electron chi connectivity index (χ2n) is 6.62. The van der Waals surface area contributed by atoms with Crippen LogP contribution in [0.15, 0.2) is 28.0 Å². The molecule has 140 valence electrons. The van der Waals surface area contributed by atoms with Gasteiger partial charge in [0.05, 0.1) is 15.7 Å². The smallest absolute Gasteiger partial charge is 0.307 e. The third-order valence-electron chi connectivity index (χ3n) is 4.66. The fourth-order valence-electron chi connectivity index (χ4n) is 3.16. The summed E-state index contributed by atoms with van der Waals surface area (Å²) >= 11 is 3.35. The average Bonchev–Trinajstić information content (AvgIpc) is 3.24. The number of carboxylic acids is 1. The van der Waals surface area contributed by atoms with Crippen LogP contribution in [0.25, 0.3) is 0 Å². The van der Waals surface area contributed by atoms with Gasteiger partial charge in [-0.05, 0) is 67.3 Å². The van der Waals surface area contributed by atoms with E-state index in [1.807, 2.05) is 0 Å². The maximum atomic E-state index is 11.2. The molecule has 0 aliphatic carbocycles. The second-order valence-corrected chi connectivity index (χ2v) is 8.45. The molecule has 0 unspecified atom stereocenters. The summed E-state index contributed by atoms with van der Waals surface area (Å²) in [7, 11) is 0. The van der Waals surface area contributed by atoms with Crippen LogP contribution < -0.4 is 0 Å². The Balaban J connectivity index is 1.64. The number of aliphatic carboxylic acids is 1. The number of hydrogen-bond acceptors (Lipinski definition) is 6. The number of piperidine rings is 1. The predicted molar refractivity (Wildman–Crippen MR) is 107 cm³/mol. The first kappa shape index (κ1) is 19.1. The van der Waals surface area contributed by atoms with Gasteiger partial charge in [0.1, 0.15) is 12.3 Å². The summed E-state index contributed by atoms with van der Waals surface area (Å²) in [4.78, 5) is 21.3. The number of nitrogens with zero attached hydrogens (tertiary/aromatic N) is 2. The quantitative estimate of drug-likeness (QED) is 0.440. The Morgan fingerprint density at radius 3 is 2.46 bits per heavy atom. The molecule has 0 aromatic carbocycles. The number of hydrogen-bond donors (Lipinski definition) is 1. The molecule has 5 nitrogen and oxygen atoms in total. The molecule has 2 aromatic rings. The van der Waals surface area contributed by atoms with Gasteiger partial charge in [-0.1, -0.05) is 5.16 Å². The maximum Gasteiger partial charge on any atom is 0.307 e. The molecule has 2 aromatic heterocycles. The van der Waals surface area contributed by atoms with Crippen molar-refractivity contribution in [3.8, 4) is 0 Å². The molecule has 0 bridgehead atoms. The molecule has 0 amide bonds. The van der Waals surface area contributed by atoms with Gasteiger partial charge < -0.3 is 9.94 Å². The second kappa shape index (κ2) is 8.79. The lowest BCUT2D eigenvalue weighted by molar-refractivity contribution is -0.143. The molecule has 1 saturated heterocycles. The van der Waals surface area contributed by atoms with Crippen molar-refractivity contribution < 1.29 is 14.7 Å². The zero-order chi connectivity index (χ0) is 18.5. The van der Waals surface area contributed by atoms with Crippen molar-refractivity contribution in [1.82, 2.24) is 4.90 Å². The number of oxime groups is 1. The van der Waals surface area contributed by atoms with Gasteiger partial charge in [-0.15, -0.1) is 22.7 Å². The monoisotopic (exact) mass is 392 g/mol. The highest BCUT2D eigenvalue weighted by Crippen LogP contribution is 2.26. The molecular weight excluding hydrogens is 368 g/mol. The standard InChI is InChI=1S/C19H24N2O3S2/c1-13-5-10-25-17(13)16(18-14(2)6-11-26-18)20-24-9-8-21-7-3-4-15(12-21)19(22)23/h5-6,10-11,15H,3-4,7-9,12H2,1-2H3,(H,22,23)/t15-/m1/s1. The van der Waals surface area contributed by atoms with E-state index in [0.717, 1.165) is 34.9 Å². The Kier molecular flexibility index (Phi) is 6.45. The lowest BCUT2D eigenvalue weighted by Gasteiger charge is -2.29. The maximum absolute atomic E-state index is 11.2. The normalized spacial score (nSPS) is 17.8. The van der Waals surface area contributed by atoms with Crippen LogP contribution in [0, 0.1) is 19.8 Å². The first-order valence-electron chi connectivity index (χ1n) is 8.80. The number of likely N-dealkylation sites (tertiary alicyclic amines) is 1. The molecule has 7 heteroatoms. The van der Waals surface area contributed by atoms with E-state index < -0.39 is 5.97 Å². The van der Waals surface area contributed by atoms with Gasteiger partial charge in [0.25, 0.3) is 0 Å². The zero-order valence-electron chi connectivity index (χ0n) is 15.1. The minimum Gasteiger partial charge on any atom is -0.481 e. The van der Waals surface area contributed by atoms with Crippen LogP contribution in [-0.4, -0.2) is 47.9 Å². The van der Waals surface area contributed by atoms with E-state index >= 15 is 0 Å². The van der Waals surface area contributed by atoms with Crippen LogP contribution in [0.3, 0.4) is 0 Å². The highest BCUT2D eigenvalue weighted by atomic mass is 32.1. The molecule has 1 N–H and O–H groups in total. The molecule has 0 radical (unpaired) electrons. The van der Waals surface area contributed by atoms with Crippen molar-refractivity contribution >= 4 is 34.4 Å². The van der Waals surface area contributed by atoms with Gasteiger partial charge in [-0.2, -0.15) is 0 Å². The van der Waals surface area contributed by atoms with Gasteiger partial charge >= 0.3 is 5.97 Å². The van der Waals surface area contributed by atoms with Crippen molar-refractivity contribution in [1.29, 1.82) is 0 Å². The van der Waals surface area contributed by atoms with E-state index in [4.69, 9.17) is 4.84 Å². The van der Waals surface area contributed by atoms with E-state index in [1.54, 1.807) is 22.7 Å². The molecule has 1 atom stereocenters. The third kappa shape index (κ3) is 4.52. The molecule has 1 aliphatic rings. The molecule has 26 heavy (non-hydrogen) atoms. The van der Waals surface area contributed by atoms with Crippen LogP contribution in [0.1, 0.15) is 33.7 Å². The lowest BCUT2D eigenvalue weighted by Crippen LogP contribution is -2.40. The summed E-state index contributed by atoms with van der Waals surface area (Å²) in [5.41, 5.74) is 3.29. The SMILES string of the molecule is Cc1ccsc1C(=NOCCN1CCC[C@@H](C(=O)O)C1)c1sccc1C. The number of aryl methyl sites for hydroxylation is 2. The molecule has 0 saturated carbocycles. The van der Waals surface area contributed by atoms with E-state index in [9.17, 15) is 9.90 Å². The van der Waals surface area contributed by atoms with Crippen LogP contribution in [-0.2, 0) is 9.63 Å². The number of thiophene rings is 2. The van der Waals surface area contributed by atoms with E-state index in [0.29, 0.717) is 19.7 Å². The van der Waals surface area contributed by atoms with Crippen molar-refractivity contribution in [2.45, 2.75) is 26.7 Å². The molecular formula is C19H24N2O3S2. The van der Waals surface area contributed by atoms with Gasteiger partial charge in [-0.3, -0.25) is 9.69 Å². The third-order valence-corrected chi connectivity index (χ3v) is 6.71.